The fourth-order valence-corrected chi connectivity index (χ4v) is 3.82. The van der Waals surface area contributed by atoms with Gasteiger partial charge in [0.05, 0.1) is 5.39 Å². The molecule has 0 unspecified atom stereocenters. The number of nitrogens with one attached hydrogen (secondary N) is 1. The summed E-state index contributed by atoms with van der Waals surface area (Å²) in [6, 6.07) is 12.7. The molecular formula is C24H23NO6. The van der Waals surface area contributed by atoms with E-state index < -0.39 is 12.1 Å². The van der Waals surface area contributed by atoms with Crippen LogP contribution in [0, 0.1) is 6.92 Å². The maximum absolute atomic E-state index is 12.4. The number of carbonyl (C=O) groups excluding carboxylic acids is 2. The van der Waals surface area contributed by atoms with E-state index in [-0.39, 0.29) is 18.8 Å². The Kier molecular flexibility index (Phi) is 6.02. The summed E-state index contributed by atoms with van der Waals surface area (Å²) in [5.74, 6) is -0.305. The van der Waals surface area contributed by atoms with Gasteiger partial charge in [-0.05, 0) is 61.4 Å². The van der Waals surface area contributed by atoms with Gasteiger partial charge in [0.1, 0.15) is 24.5 Å². The molecule has 1 heterocycles. The highest BCUT2D eigenvalue weighted by atomic mass is 16.6. The minimum atomic E-state index is -0.710. The summed E-state index contributed by atoms with van der Waals surface area (Å²) in [6.45, 7) is 1.59. The third-order valence-corrected chi connectivity index (χ3v) is 5.24. The van der Waals surface area contributed by atoms with Crippen LogP contribution in [0.5, 0.6) is 5.75 Å². The molecule has 0 saturated heterocycles. The molecule has 0 radical (unpaired) electrons. The predicted molar refractivity (Wildman–Crippen MR) is 114 cm³/mol. The first-order chi connectivity index (χ1) is 15.0. The van der Waals surface area contributed by atoms with Gasteiger partial charge in [-0.25, -0.2) is 14.4 Å². The first-order valence-corrected chi connectivity index (χ1v) is 10.3. The number of rotatable bonds is 5. The van der Waals surface area contributed by atoms with Crippen LogP contribution in [0.1, 0.15) is 35.1 Å². The third-order valence-electron chi connectivity index (χ3n) is 5.24. The molecule has 7 nitrogen and oxygen atoms in total. The molecule has 4 rings (SSSR count). The number of amides is 1. The molecular weight excluding hydrogens is 398 g/mol. The normalized spacial score (nSPS) is 12.8. The van der Waals surface area contributed by atoms with Gasteiger partial charge in [0.2, 0.25) is 0 Å². The van der Waals surface area contributed by atoms with Crippen LogP contribution in [0.2, 0.25) is 0 Å². The van der Waals surface area contributed by atoms with Gasteiger partial charge in [-0.2, -0.15) is 0 Å². The van der Waals surface area contributed by atoms with Crippen LogP contribution in [0.15, 0.2) is 51.7 Å². The highest BCUT2D eigenvalue weighted by Gasteiger charge is 2.22. The lowest BCUT2D eigenvalue weighted by Crippen LogP contribution is -2.32. The Morgan fingerprint density at radius 2 is 1.81 bits per heavy atom. The number of alkyl carbamates (subject to hydrolysis) is 1. The van der Waals surface area contributed by atoms with E-state index in [2.05, 4.69) is 5.32 Å². The summed E-state index contributed by atoms with van der Waals surface area (Å²) >= 11 is 0. The smallest absolute Gasteiger partial charge is 0.407 e. The maximum atomic E-state index is 12.4. The number of hydrogen-bond acceptors (Lipinski definition) is 6. The van der Waals surface area contributed by atoms with Crippen LogP contribution >= 0.6 is 0 Å². The standard InChI is InChI=1S/C24H23NO6/c1-15-11-19(22-17-9-5-6-10-18(17)23(27)31-20(22)12-15)30-21(26)13-25-24(28)29-14-16-7-3-2-4-8-16/h2-4,7-8,11-12H,5-6,9-10,13-14H2,1H3,(H,25,28). The van der Waals surface area contributed by atoms with E-state index in [1.54, 1.807) is 12.1 Å². The van der Waals surface area contributed by atoms with Crippen molar-refractivity contribution in [1.82, 2.24) is 5.32 Å². The van der Waals surface area contributed by atoms with Crippen molar-refractivity contribution in [3.8, 4) is 5.75 Å². The number of fused-ring (bicyclic) bond motifs is 3. The monoisotopic (exact) mass is 421 g/mol. The van der Waals surface area contributed by atoms with Crippen molar-refractivity contribution in [2.24, 2.45) is 0 Å². The molecule has 31 heavy (non-hydrogen) atoms. The molecule has 0 fully saturated rings. The lowest BCUT2D eigenvalue weighted by Gasteiger charge is -2.18. The summed E-state index contributed by atoms with van der Waals surface area (Å²) in [5, 5.41) is 3.05. The number of ether oxygens (including phenoxy) is 2. The number of hydrogen-bond donors (Lipinski definition) is 1. The maximum Gasteiger partial charge on any atom is 0.407 e. The van der Waals surface area contributed by atoms with E-state index in [0.29, 0.717) is 28.7 Å². The van der Waals surface area contributed by atoms with Gasteiger partial charge in [0.15, 0.2) is 0 Å². The minimum absolute atomic E-state index is 0.107. The van der Waals surface area contributed by atoms with E-state index in [0.717, 1.165) is 36.0 Å². The topological polar surface area (TPSA) is 94.8 Å². The van der Waals surface area contributed by atoms with Crippen molar-refractivity contribution in [1.29, 1.82) is 0 Å². The molecule has 3 aromatic rings. The summed E-state index contributed by atoms with van der Waals surface area (Å²) in [6.07, 6.45) is 2.57. The van der Waals surface area contributed by atoms with Gasteiger partial charge >= 0.3 is 17.7 Å². The van der Waals surface area contributed by atoms with Crippen LogP contribution in [0.3, 0.4) is 0 Å². The van der Waals surface area contributed by atoms with Gasteiger partial charge in [-0.15, -0.1) is 0 Å². The molecule has 1 aliphatic carbocycles. The summed E-state index contributed by atoms with van der Waals surface area (Å²) in [4.78, 5) is 36.6. The first-order valence-electron chi connectivity index (χ1n) is 10.3. The van der Waals surface area contributed by atoms with Gasteiger partial charge < -0.3 is 19.2 Å². The lowest BCUT2D eigenvalue weighted by molar-refractivity contribution is -0.133. The van der Waals surface area contributed by atoms with E-state index in [1.165, 1.54) is 0 Å². The van der Waals surface area contributed by atoms with E-state index in [1.807, 2.05) is 37.3 Å². The molecule has 0 atom stereocenters. The summed E-state index contributed by atoms with van der Waals surface area (Å²) < 4.78 is 16.2. The van der Waals surface area contributed by atoms with Crippen molar-refractivity contribution in [3.63, 3.8) is 0 Å². The summed E-state index contributed by atoms with van der Waals surface area (Å²) in [5.41, 5.74) is 3.26. The largest absolute Gasteiger partial charge is 0.445 e. The molecule has 0 bridgehead atoms. The van der Waals surface area contributed by atoms with Crippen LogP contribution in [0.25, 0.3) is 11.0 Å². The van der Waals surface area contributed by atoms with Crippen molar-refractivity contribution in [2.45, 2.75) is 39.2 Å². The zero-order chi connectivity index (χ0) is 21.8. The second-order valence-corrected chi connectivity index (χ2v) is 7.58. The van der Waals surface area contributed by atoms with E-state index in [4.69, 9.17) is 13.9 Å². The molecule has 160 valence electrons. The average Bonchev–Trinajstić information content (AvgIpc) is 2.76. The molecule has 1 amide bonds. The fourth-order valence-electron chi connectivity index (χ4n) is 3.82. The fraction of sp³-hybridized carbons (Fsp3) is 0.292. The summed E-state index contributed by atoms with van der Waals surface area (Å²) in [7, 11) is 0. The van der Waals surface area contributed by atoms with Gasteiger partial charge in [0.25, 0.3) is 0 Å². The minimum Gasteiger partial charge on any atom is -0.445 e. The van der Waals surface area contributed by atoms with E-state index in [9.17, 15) is 14.4 Å². The van der Waals surface area contributed by atoms with Crippen LogP contribution in [0.4, 0.5) is 4.79 Å². The molecule has 1 aromatic heterocycles. The molecule has 2 aromatic carbocycles. The highest BCUT2D eigenvalue weighted by molar-refractivity contribution is 5.91. The van der Waals surface area contributed by atoms with E-state index >= 15 is 0 Å². The van der Waals surface area contributed by atoms with Crippen LogP contribution in [-0.4, -0.2) is 18.6 Å². The molecule has 1 aliphatic rings. The van der Waals surface area contributed by atoms with Crippen LogP contribution in [-0.2, 0) is 29.0 Å². The van der Waals surface area contributed by atoms with Gasteiger partial charge in [-0.3, -0.25) is 0 Å². The Labute approximate surface area is 179 Å². The average molecular weight is 421 g/mol. The van der Waals surface area contributed by atoms with Crippen molar-refractivity contribution in [2.75, 3.05) is 6.54 Å². The second kappa shape index (κ2) is 9.04. The zero-order valence-electron chi connectivity index (χ0n) is 17.2. The number of aryl methyl sites for hydroxylation is 2. The molecule has 0 spiro atoms. The zero-order valence-corrected chi connectivity index (χ0v) is 17.2. The first kappa shape index (κ1) is 20.7. The number of esters is 1. The predicted octanol–water partition coefficient (Wildman–Crippen LogP) is 3.81. The number of carbonyl (C=O) groups is 2. The Bertz CT molecular complexity index is 1180. The van der Waals surface area contributed by atoms with Crippen molar-refractivity contribution in [3.05, 3.63) is 75.1 Å². The lowest BCUT2D eigenvalue weighted by atomic mass is 9.90. The SMILES string of the molecule is Cc1cc(OC(=O)CNC(=O)OCc2ccccc2)c2c3c(c(=O)oc2c1)CCCC3. The second-order valence-electron chi connectivity index (χ2n) is 7.58. The highest BCUT2D eigenvalue weighted by Crippen LogP contribution is 2.34. The number of benzene rings is 2. The van der Waals surface area contributed by atoms with Crippen molar-refractivity contribution < 1.29 is 23.5 Å². The molecule has 7 heteroatoms. The van der Waals surface area contributed by atoms with Crippen molar-refractivity contribution >= 4 is 23.0 Å². The van der Waals surface area contributed by atoms with Gasteiger partial charge in [-0.1, -0.05) is 30.3 Å². The Hall–Kier alpha value is -3.61. The molecule has 0 saturated carbocycles. The van der Waals surface area contributed by atoms with Gasteiger partial charge in [0, 0.05) is 5.56 Å². The molecule has 1 N–H and O–H groups in total. The quantitative estimate of drug-likeness (QED) is 0.382. The van der Waals surface area contributed by atoms with Crippen LogP contribution < -0.4 is 15.7 Å². The third kappa shape index (κ3) is 4.77. The Morgan fingerprint density at radius 3 is 2.58 bits per heavy atom. The Morgan fingerprint density at radius 1 is 1.06 bits per heavy atom. The Balaban J connectivity index is 1.46. The molecule has 0 aliphatic heterocycles.